The van der Waals surface area contributed by atoms with Crippen molar-refractivity contribution in [1.82, 2.24) is 14.7 Å². The van der Waals surface area contributed by atoms with Gasteiger partial charge in [0.1, 0.15) is 11.5 Å². The van der Waals surface area contributed by atoms with Crippen molar-refractivity contribution < 1.29 is 19.3 Å². The van der Waals surface area contributed by atoms with Crippen LogP contribution in [0.5, 0.6) is 17.4 Å². The van der Waals surface area contributed by atoms with Crippen molar-refractivity contribution in [3.05, 3.63) is 78.5 Å². The second-order valence-corrected chi connectivity index (χ2v) is 8.97. The molecule has 0 amide bonds. The van der Waals surface area contributed by atoms with E-state index in [1.54, 1.807) is 13.2 Å². The first kappa shape index (κ1) is 26.5. The van der Waals surface area contributed by atoms with Gasteiger partial charge in [0.05, 0.1) is 43.4 Å². The molecule has 188 valence electrons. The molecule has 0 bridgehead atoms. The fourth-order valence-corrected chi connectivity index (χ4v) is 3.93. The van der Waals surface area contributed by atoms with Gasteiger partial charge in [-0.25, -0.2) is 4.68 Å². The summed E-state index contributed by atoms with van der Waals surface area (Å²) in [5, 5.41) is 15.4. The molecule has 0 aliphatic rings. The van der Waals surface area contributed by atoms with Crippen LogP contribution in [-0.4, -0.2) is 59.3 Å². The standard InChI is InChI=1S/C28H37N3O4/c1-6-15-34-20-24(32)18-30(17-21(2)3)19-27-22(4)29-31(23-11-8-7-9-12-23)28(27)35-26-14-10-13-25(16-26)33-5/h6-14,16,21,24,32H,1,15,17-20H2,2-5H3/t24-/m1/s1. The lowest BCUT2D eigenvalue weighted by Crippen LogP contribution is -2.37. The smallest absolute Gasteiger partial charge is 0.227 e. The van der Waals surface area contributed by atoms with E-state index < -0.39 is 6.10 Å². The number of benzene rings is 2. The Balaban J connectivity index is 1.95. The number of nitrogens with zero attached hydrogens (tertiary/aromatic N) is 3. The van der Waals surface area contributed by atoms with Crippen molar-refractivity contribution >= 4 is 0 Å². The number of methoxy groups -OCH3 is 1. The Labute approximate surface area is 208 Å². The van der Waals surface area contributed by atoms with Crippen LogP contribution in [0.4, 0.5) is 0 Å². The van der Waals surface area contributed by atoms with Gasteiger partial charge in [-0.05, 0) is 37.1 Å². The van der Waals surface area contributed by atoms with Crippen molar-refractivity contribution in [3.8, 4) is 23.1 Å². The van der Waals surface area contributed by atoms with Gasteiger partial charge >= 0.3 is 0 Å². The van der Waals surface area contributed by atoms with Crippen molar-refractivity contribution in [2.24, 2.45) is 5.92 Å². The van der Waals surface area contributed by atoms with E-state index >= 15 is 0 Å². The third-order valence-electron chi connectivity index (χ3n) is 5.41. The van der Waals surface area contributed by atoms with Gasteiger partial charge in [-0.15, -0.1) is 6.58 Å². The van der Waals surface area contributed by atoms with Gasteiger partial charge < -0.3 is 19.3 Å². The van der Waals surface area contributed by atoms with Gasteiger partial charge in [0.25, 0.3) is 0 Å². The van der Waals surface area contributed by atoms with Gasteiger partial charge in [-0.2, -0.15) is 5.10 Å². The van der Waals surface area contributed by atoms with Crippen LogP contribution < -0.4 is 9.47 Å². The third kappa shape index (κ3) is 7.68. The van der Waals surface area contributed by atoms with Crippen LogP contribution in [0.1, 0.15) is 25.1 Å². The number of aliphatic hydroxyl groups excluding tert-OH is 1. The maximum Gasteiger partial charge on any atom is 0.227 e. The molecule has 0 aliphatic carbocycles. The molecule has 0 saturated carbocycles. The highest BCUT2D eigenvalue weighted by molar-refractivity contribution is 5.44. The maximum absolute atomic E-state index is 10.6. The molecule has 2 aromatic carbocycles. The van der Waals surface area contributed by atoms with E-state index in [0.717, 1.165) is 29.2 Å². The van der Waals surface area contributed by atoms with Crippen LogP contribution in [0.15, 0.2) is 67.3 Å². The first-order valence-electron chi connectivity index (χ1n) is 12.0. The highest BCUT2D eigenvalue weighted by Crippen LogP contribution is 2.33. The molecule has 7 nitrogen and oxygen atoms in total. The first-order chi connectivity index (χ1) is 16.9. The molecule has 1 N–H and O–H groups in total. The number of hydrogen-bond acceptors (Lipinski definition) is 6. The predicted molar refractivity (Wildman–Crippen MR) is 139 cm³/mol. The molecule has 3 rings (SSSR count). The Morgan fingerprint density at radius 2 is 1.83 bits per heavy atom. The maximum atomic E-state index is 10.6. The largest absolute Gasteiger partial charge is 0.497 e. The fourth-order valence-electron chi connectivity index (χ4n) is 3.93. The number of aryl methyl sites for hydroxylation is 1. The lowest BCUT2D eigenvalue weighted by molar-refractivity contribution is 0.0222. The molecule has 35 heavy (non-hydrogen) atoms. The number of aliphatic hydroxyl groups is 1. The van der Waals surface area contributed by atoms with Crippen LogP contribution in [0.25, 0.3) is 5.69 Å². The monoisotopic (exact) mass is 479 g/mol. The molecule has 0 aliphatic heterocycles. The summed E-state index contributed by atoms with van der Waals surface area (Å²) in [6.07, 6.45) is 1.07. The first-order valence-corrected chi connectivity index (χ1v) is 12.0. The van der Waals surface area contributed by atoms with Crippen molar-refractivity contribution in [1.29, 1.82) is 0 Å². The second kappa shape index (κ2) is 13.1. The summed E-state index contributed by atoms with van der Waals surface area (Å²) < 4.78 is 19.1. The van der Waals surface area contributed by atoms with Gasteiger partial charge in [0.15, 0.2) is 0 Å². The highest BCUT2D eigenvalue weighted by Gasteiger charge is 2.23. The SMILES string of the molecule is C=CCOC[C@H](O)CN(Cc1c(C)nn(-c2ccccc2)c1Oc1cccc(OC)c1)CC(C)C. The van der Waals surface area contributed by atoms with Crippen LogP contribution in [0, 0.1) is 12.8 Å². The number of ether oxygens (including phenoxy) is 3. The average molecular weight is 480 g/mol. The Kier molecular flexibility index (Phi) is 9.90. The van der Waals surface area contributed by atoms with E-state index in [0.29, 0.717) is 37.2 Å². The molecular formula is C28H37N3O4. The van der Waals surface area contributed by atoms with Gasteiger partial charge in [0.2, 0.25) is 5.88 Å². The summed E-state index contributed by atoms with van der Waals surface area (Å²) in [6.45, 7) is 12.5. The van der Waals surface area contributed by atoms with Crippen molar-refractivity contribution in [3.63, 3.8) is 0 Å². The van der Waals surface area contributed by atoms with Crippen LogP contribution in [0.3, 0.4) is 0 Å². The summed E-state index contributed by atoms with van der Waals surface area (Å²) in [7, 11) is 1.64. The molecule has 0 unspecified atom stereocenters. The van der Waals surface area contributed by atoms with Gasteiger partial charge in [-0.3, -0.25) is 4.90 Å². The van der Waals surface area contributed by atoms with E-state index in [1.165, 1.54) is 0 Å². The van der Waals surface area contributed by atoms with Gasteiger partial charge in [0, 0.05) is 25.7 Å². The summed E-state index contributed by atoms with van der Waals surface area (Å²) in [5.41, 5.74) is 2.75. The van der Waals surface area contributed by atoms with Crippen LogP contribution >= 0.6 is 0 Å². The van der Waals surface area contributed by atoms with E-state index in [-0.39, 0.29) is 6.61 Å². The zero-order chi connectivity index (χ0) is 25.2. The molecule has 1 atom stereocenters. The minimum atomic E-state index is -0.610. The second-order valence-electron chi connectivity index (χ2n) is 8.97. The average Bonchev–Trinajstić information content (AvgIpc) is 3.14. The molecule has 7 heteroatoms. The summed E-state index contributed by atoms with van der Waals surface area (Å²) in [4.78, 5) is 2.23. The minimum Gasteiger partial charge on any atom is -0.497 e. The number of hydrogen-bond donors (Lipinski definition) is 1. The molecular weight excluding hydrogens is 442 g/mol. The van der Waals surface area contributed by atoms with E-state index in [2.05, 4.69) is 25.3 Å². The summed E-state index contributed by atoms with van der Waals surface area (Å²) in [6, 6.07) is 17.5. The number of para-hydroxylation sites is 1. The van der Waals surface area contributed by atoms with Gasteiger partial charge in [-0.1, -0.05) is 44.2 Å². The highest BCUT2D eigenvalue weighted by atomic mass is 16.5. The fraction of sp³-hybridized carbons (Fsp3) is 0.393. The van der Waals surface area contributed by atoms with E-state index in [9.17, 15) is 5.11 Å². The molecule has 0 spiro atoms. The zero-order valence-corrected chi connectivity index (χ0v) is 21.2. The number of aromatic nitrogens is 2. The lowest BCUT2D eigenvalue weighted by atomic mass is 10.1. The van der Waals surface area contributed by atoms with Crippen molar-refractivity contribution in [2.45, 2.75) is 33.4 Å². The number of rotatable bonds is 14. The molecule has 3 aromatic rings. The Morgan fingerprint density at radius 1 is 1.09 bits per heavy atom. The minimum absolute atomic E-state index is 0.260. The summed E-state index contributed by atoms with van der Waals surface area (Å²) in [5.74, 6) is 2.45. The Bertz CT molecular complexity index is 1070. The van der Waals surface area contributed by atoms with E-state index in [4.69, 9.17) is 19.3 Å². The van der Waals surface area contributed by atoms with E-state index in [1.807, 2.05) is 66.2 Å². The third-order valence-corrected chi connectivity index (χ3v) is 5.41. The summed E-state index contributed by atoms with van der Waals surface area (Å²) >= 11 is 0. The lowest BCUT2D eigenvalue weighted by Gasteiger charge is -2.27. The predicted octanol–water partition coefficient (Wildman–Crippen LogP) is 5.00. The van der Waals surface area contributed by atoms with Crippen LogP contribution in [0.2, 0.25) is 0 Å². The van der Waals surface area contributed by atoms with Crippen molar-refractivity contribution in [2.75, 3.05) is 33.4 Å². The Hall–Kier alpha value is -3.13. The molecule has 1 aromatic heterocycles. The molecule has 1 heterocycles. The topological polar surface area (TPSA) is 69.0 Å². The normalized spacial score (nSPS) is 12.2. The quantitative estimate of drug-likeness (QED) is 0.259. The zero-order valence-electron chi connectivity index (χ0n) is 21.2. The molecule has 0 saturated heterocycles. The molecule has 0 fully saturated rings. The van der Waals surface area contributed by atoms with Crippen LogP contribution in [-0.2, 0) is 11.3 Å². The Morgan fingerprint density at radius 3 is 2.51 bits per heavy atom. The molecule has 0 radical (unpaired) electrons.